The van der Waals surface area contributed by atoms with Crippen molar-refractivity contribution in [2.24, 2.45) is 0 Å². The molecule has 2 rings (SSSR count). The molecule has 0 saturated carbocycles. The van der Waals surface area contributed by atoms with Crippen LogP contribution in [-0.2, 0) is 0 Å². The molecule has 0 radical (unpaired) electrons. The molecule has 0 bridgehead atoms. The van der Waals surface area contributed by atoms with Gasteiger partial charge in [-0.2, -0.15) is 5.26 Å². The van der Waals surface area contributed by atoms with Crippen LogP contribution in [0.1, 0.15) is 21.5 Å². The first kappa shape index (κ1) is 15.3. The average Bonchev–Trinajstić information content (AvgIpc) is 2.59. The van der Waals surface area contributed by atoms with E-state index in [0.717, 1.165) is 5.56 Å². The van der Waals surface area contributed by atoms with Crippen LogP contribution in [0.4, 0.5) is 0 Å². The average molecular weight is 293 g/mol. The fraction of sp³-hybridized carbons (Fsp3) is 0.111. The van der Waals surface area contributed by atoms with Gasteiger partial charge in [-0.1, -0.05) is 18.2 Å². The quantitative estimate of drug-likeness (QED) is 0.625. The number of benzene rings is 2. The lowest BCUT2D eigenvalue weighted by molar-refractivity contribution is 0.104. The Bertz CT molecular complexity index is 718. The largest absolute Gasteiger partial charge is 0.497 e. The molecule has 2 aromatic rings. The summed E-state index contributed by atoms with van der Waals surface area (Å²) in [6, 6.07) is 14.1. The van der Waals surface area contributed by atoms with Gasteiger partial charge in [0.25, 0.3) is 0 Å². The summed E-state index contributed by atoms with van der Waals surface area (Å²) in [5.74, 6) is 0.977. The minimum atomic E-state index is -0.151. The molecule has 0 spiro atoms. The van der Waals surface area contributed by atoms with E-state index in [-0.39, 0.29) is 5.78 Å². The van der Waals surface area contributed by atoms with E-state index in [0.29, 0.717) is 22.6 Å². The molecule has 0 amide bonds. The lowest BCUT2D eigenvalue weighted by Crippen LogP contribution is -1.97. The molecule has 0 atom stereocenters. The molecular weight excluding hydrogens is 278 g/mol. The van der Waals surface area contributed by atoms with Crippen molar-refractivity contribution >= 4 is 11.9 Å². The van der Waals surface area contributed by atoms with E-state index >= 15 is 0 Å². The van der Waals surface area contributed by atoms with Crippen molar-refractivity contribution in [2.75, 3.05) is 14.2 Å². The van der Waals surface area contributed by atoms with E-state index in [1.807, 2.05) is 0 Å². The van der Waals surface area contributed by atoms with Crippen molar-refractivity contribution in [1.82, 2.24) is 0 Å². The maximum atomic E-state index is 12.2. The Hall–Kier alpha value is -3.06. The van der Waals surface area contributed by atoms with Crippen LogP contribution in [0.5, 0.6) is 11.5 Å². The lowest BCUT2D eigenvalue weighted by Gasteiger charge is -2.06. The second-order valence-corrected chi connectivity index (χ2v) is 4.53. The number of carbonyl (C=O) groups excluding carboxylic acids is 1. The van der Waals surface area contributed by atoms with Gasteiger partial charge in [0.1, 0.15) is 11.5 Å². The zero-order chi connectivity index (χ0) is 15.9. The number of ketones is 1. The molecule has 0 N–H and O–H groups in total. The van der Waals surface area contributed by atoms with E-state index in [1.54, 1.807) is 48.5 Å². The highest BCUT2D eigenvalue weighted by molar-refractivity contribution is 6.07. The molecule has 0 saturated heterocycles. The van der Waals surface area contributed by atoms with Gasteiger partial charge in [-0.05, 0) is 35.9 Å². The monoisotopic (exact) mass is 293 g/mol. The minimum Gasteiger partial charge on any atom is -0.497 e. The SMILES string of the molecule is COc1cc(OC)cc(C(=O)/C=C/c2ccc(C#N)cc2)c1. The number of carbonyl (C=O) groups is 1. The van der Waals surface area contributed by atoms with Crippen LogP contribution in [-0.4, -0.2) is 20.0 Å². The van der Waals surface area contributed by atoms with Crippen molar-refractivity contribution in [2.45, 2.75) is 0 Å². The number of ether oxygens (including phenoxy) is 2. The summed E-state index contributed by atoms with van der Waals surface area (Å²) < 4.78 is 10.3. The van der Waals surface area contributed by atoms with Gasteiger partial charge in [0, 0.05) is 11.6 Å². The van der Waals surface area contributed by atoms with Gasteiger partial charge in [-0.15, -0.1) is 0 Å². The Morgan fingerprint density at radius 1 is 1.05 bits per heavy atom. The summed E-state index contributed by atoms with van der Waals surface area (Å²) in [7, 11) is 3.07. The number of hydrogen-bond donors (Lipinski definition) is 0. The van der Waals surface area contributed by atoms with E-state index in [1.165, 1.54) is 20.3 Å². The first-order chi connectivity index (χ1) is 10.7. The zero-order valence-corrected chi connectivity index (χ0v) is 12.4. The van der Waals surface area contributed by atoms with Gasteiger partial charge in [0.05, 0.1) is 25.9 Å². The number of methoxy groups -OCH3 is 2. The summed E-state index contributed by atoms with van der Waals surface area (Å²) in [6.45, 7) is 0. The van der Waals surface area contributed by atoms with Gasteiger partial charge in [-0.3, -0.25) is 4.79 Å². The molecule has 0 heterocycles. The molecule has 0 aliphatic rings. The minimum absolute atomic E-state index is 0.151. The predicted molar refractivity (Wildman–Crippen MR) is 84.1 cm³/mol. The molecule has 0 aromatic heterocycles. The Kier molecular flexibility index (Phi) is 4.94. The number of hydrogen-bond acceptors (Lipinski definition) is 4. The fourth-order valence-corrected chi connectivity index (χ4v) is 1.89. The molecule has 0 aliphatic carbocycles. The standard InChI is InChI=1S/C18H15NO3/c1-21-16-9-15(10-17(11-16)22-2)18(20)8-7-13-3-5-14(12-19)6-4-13/h3-11H,1-2H3/b8-7+. The van der Waals surface area contributed by atoms with Crippen LogP contribution in [0.15, 0.2) is 48.5 Å². The van der Waals surface area contributed by atoms with E-state index in [9.17, 15) is 4.79 Å². The molecule has 2 aromatic carbocycles. The van der Waals surface area contributed by atoms with Crippen LogP contribution < -0.4 is 9.47 Å². The molecule has 0 unspecified atom stereocenters. The third-order valence-electron chi connectivity index (χ3n) is 3.10. The summed E-state index contributed by atoms with van der Waals surface area (Å²) in [5.41, 5.74) is 1.92. The molecule has 110 valence electrons. The van der Waals surface area contributed by atoms with Gasteiger partial charge >= 0.3 is 0 Å². The van der Waals surface area contributed by atoms with Crippen molar-refractivity contribution in [3.63, 3.8) is 0 Å². The van der Waals surface area contributed by atoms with Crippen LogP contribution in [0, 0.1) is 11.3 Å². The lowest BCUT2D eigenvalue weighted by atomic mass is 10.1. The van der Waals surface area contributed by atoms with Crippen LogP contribution in [0.3, 0.4) is 0 Å². The third-order valence-corrected chi connectivity index (χ3v) is 3.10. The van der Waals surface area contributed by atoms with Gasteiger partial charge in [0.15, 0.2) is 5.78 Å². The van der Waals surface area contributed by atoms with E-state index in [4.69, 9.17) is 14.7 Å². The predicted octanol–water partition coefficient (Wildman–Crippen LogP) is 3.47. The van der Waals surface area contributed by atoms with Crippen molar-refractivity contribution in [3.8, 4) is 17.6 Å². The highest BCUT2D eigenvalue weighted by Crippen LogP contribution is 2.23. The van der Waals surface area contributed by atoms with Gasteiger partial charge in [0.2, 0.25) is 0 Å². The van der Waals surface area contributed by atoms with Crippen LogP contribution in [0.2, 0.25) is 0 Å². The second-order valence-electron chi connectivity index (χ2n) is 4.53. The first-order valence-corrected chi connectivity index (χ1v) is 6.62. The summed E-state index contributed by atoms with van der Waals surface area (Å²) in [6.07, 6.45) is 3.19. The van der Waals surface area contributed by atoms with Crippen LogP contribution >= 0.6 is 0 Å². The smallest absolute Gasteiger partial charge is 0.186 e. The van der Waals surface area contributed by atoms with Gasteiger partial charge in [-0.25, -0.2) is 0 Å². The Morgan fingerprint density at radius 3 is 2.14 bits per heavy atom. The van der Waals surface area contributed by atoms with Crippen molar-refractivity contribution in [3.05, 3.63) is 65.2 Å². The van der Waals surface area contributed by atoms with Crippen LogP contribution in [0.25, 0.3) is 6.08 Å². The Labute approximate surface area is 129 Å². The number of allylic oxidation sites excluding steroid dienone is 1. The second kappa shape index (κ2) is 7.09. The molecule has 4 nitrogen and oxygen atoms in total. The third kappa shape index (κ3) is 3.74. The van der Waals surface area contributed by atoms with Crippen molar-refractivity contribution < 1.29 is 14.3 Å². The summed E-state index contributed by atoms with van der Waals surface area (Å²) in [4.78, 5) is 12.2. The van der Waals surface area contributed by atoms with E-state index in [2.05, 4.69) is 6.07 Å². The number of nitrogens with zero attached hydrogens (tertiary/aromatic N) is 1. The molecule has 0 aliphatic heterocycles. The Balaban J connectivity index is 2.20. The maximum Gasteiger partial charge on any atom is 0.186 e. The highest BCUT2D eigenvalue weighted by Gasteiger charge is 2.07. The maximum absolute atomic E-state index is 12.2. The van der Waals surface area contributed by atoms with Crippen molar-refractivity contribution in [1.29, 1.82) is 5.26 Å². The summed E-state index contributed by atoms with van der Waals surface area (Å²) in [5, 5.41) is 8.75. The first-order valence-electron chi connectivity index (χ1n) is 6.62. The highest BCUT2D eigenvalue weighted by atomic mass is 16.5. The number of rotatable bonds is 5. The molecule has 22 heavy (non-hydrogen) atoms. The fourth-order valence-electron chi connectivity index (χ4n) is 1.89. The molecular formula is C18H15NO3. The van der Waals surface area contributed by atoms with E-state index < -0.39 is 0 Å². The summed E-state index contributed by atoms with van der Waals surface area (Å²) >= 11 is 0. The normalized spacial score (nSPS) is 10.2. The number of nitriles is 1. The topological polar surface area (TPSA) is 59.3 Å². The Morgan fingerprint density at radius 2 is 1.64 bits per heavy atom. The van der Waals surface area contributed by atoms with Gasteiger partial charge < -0.3 is 9.47 Å². The molecule has 4 heteroatoms. The zero-order valence-electron chi connectivity index (χ0n) is 12.4. The molecule has 0 fully saturated rings.